The number of hydrogen-bond acceptors (Lipinski definition) is 6. The molecule has 7 unspecified atom stereocenters. The van der Waals surface area contributed by atoms with Gasteiger partial charge in [-0.15, -0.1) is 0 Å². The Hall–Kier alpha value is -1.87. The summed E-state index contributed by atoms with van der Waals surface area (Å²) in [5.74, 6) is 0.389. The molecule has 2 bridgehead atoms. The summed E-state index contributed by atoms with van der Waals surface area (Å²) in [6.45, 7) is 7.15. The monoisotopic (exact) mass is 438 g/mol. The highest BCUT2D eigenvalue weighted by atomic mass is 16.6. The second-order valence-electron chi connectivity index (χ2n) is 11.8. The van der Waals surface area contributed by atoms with Gasteiger partial charge in [-0.3, -0.25) is 9.59 Å². The molecule has 5 aliphatic carbocycles. The molecule has 1 spiro atoms. The van der Waals surface area contributed by atoms with E-state index in [9.17, 15) is 14.9 Å². The number of ketones is 1. The third-order valence-electron chi connectivity index (χ3n) is 11.4. The number of nitrogens with two attached hydrogens (primary N) is 1. The Morgan fingerprint density at radius 3 is 2.59 bits per heavy atom. The van der Waals surface area contributed by atoms with E-state index in [4.69, 9.17) is 15.2 Å². The molecule has 4 saturated carbocycles. The molecule has 6 heteroatoms. The molecule has 0 aromatic heterocycles. The first-order valence-corrected chi connectivity index (χ1v) is 12.5. The van der Waals surface area contributed by atoms with Crippen molar-refractivity contribution in [3.8, 4) is 6.07 Å². The molecule has 32 heavy (non-hydrogen) atoms. The maximum Gasteiger partial charge on any atom is 0.306 e. The van der Waals surface area contributed by atoms with Crippen LogP contribution >= 0.6 is 0 Å². The van der Waals surface area contributed by atoms with Gasteiger partial charge in [0.2, 0.25) is 0 Å². The highest BCUT2D eigenvalue weighted by molar-refractivity contribution is 6.00. The molecule has 1 heterocycles. The number of Topliss-reactive ketones (excluding diaryl/α,β-unsaturated/α-hetero) is 1. The van der Waals surface area contributed by atoms with Crippen LogP contribution in [0.3, 0.4) is 0 Å². The number of carbonyl (C=O) groups is 2. The maximum absolute atomic E-state index is 13.1. The van der Waals surface area contributed by atoms with Gasteiger partial charge >= 0.3 is 5.97 Å². The molecule has 1 aliphatic heterocycles. The van der Waals surface area contributed by atoms with Crippen LogP contribution < -0.4 is 5.73 Å². The lowest BCUT2D eigenvalue weighted by Gasteiger charge is -2.68. The predicted octanol–water partition coefficient (Wildman–Crippen LogP) is 3.79. The van der Waals surface area contributed by atoms with E-state index < -0.39 is 16.4 Å². The average Bonchev–Trinajstić information content (AvgIpc) is 3.38. The number of esters is 1. The first-order chi connectivity index (χ1) is 15.2. The molecule has 2 N–H and O–H groups in total. The molecular weight excluding hydrogens is 404 g/mol. The van der Waals surface area contributed by atoms with Crippen LogP contribution in [-0.2, 0) is 19.1 Å². The molecule has 0 aromatic carbocycles. The quantitative estimate of drug-likeness (QED) is 0.658. The smallest absolute Gasteiger partial charge is 0.306 e. The number of rotatable bonds is 2. The lowest BCUT2D eigenvalue weighted by molar-refractivity contribution is -0.275. The number of nitrogens with zero attached hydrogens (tertiary/aromatic N) is 1. The number of fused-ring (bicyclic) bond motifs is 7. The second-order valence-corrected chi connectivity index (χ2v) is 11.8. The summed E-state index contributed by atoms with van der Waals surface area (Å²) >= 11 is 0. The average molecular weight is 439 g/mol. The Morgan fingerprint density at radius 2 is 1.94 bits per heavy atom. The van der Waals surface area contributed by atoms with Gasteiger partial charge in [0.15, 0.2) is 5.78 Å². The topological polar surface area (TPSA) is 102 Å². The molecule has 6 aliphatic rings. The first kappa shape index (κ1) is 20.7. The molecule has 0 radical (unpaired) electrons. The second kappa shape index (κ2) is 5.97. The molecule has 0 amide bonds. The van der Waals surface area contributed by atoms with Crippen LogP contribution in [0.2, 0.25) is 0 Å². The van der Waals surface area contributed by atoms with Gasteiger partial charge in [0, 0.05) is 53.4 Å². The summed E-state index contributed by atoms with van der Waals surface area (Å²) < 4.78 is 12.9. The first-order valence-electron chi connectivity index (χ1n) is 12.5. The standard InChI is InChI=1S/C26H34N2O4/c1-4-31-26-12-11-22(2)16(5-9-25(22)10-7-18(30)32-25)19(26)15-13-24(14-27)20(21(15)28)17(29)6-8-23(24,26)3/h15-16,19H,4-13,28H2,1-3H3/t15?,16?,19?,22?,23?,24?,25?,26-/m1/s1. The normalized spacial score (nSPS) is 53.2. The molecule has 1 saturated heterocycles. The van der Waals surface area contributed by atoms with Crippen LogP contribution in [0.4, 0.5) is 0 Å². The summed E-state index contributed by atoms with van der Waals surface area (Å²) in [6.07, 6.45) is 6.64. The van der Waals surface area contributed by atoms with Gasteiger partial charge in [-0.05, 0) is 57.8 Å². The molecule has 5 fully saturated rings. The fourth-order valence-corrected chi connectivity index (χ4v) is 9.99. The largest absolute Gasteiger partial charge is 0.458 e. The Morgan fingerprint density at radius 1 is 1.16 bits per heavy atom. The van der Waals surface area contributed by atoms with Crippen LogP contribution in [0, 0.1) is 45.3 Å². The fourth-order valence-electron chi connectivity index (χ4n) is 9.99. The maximum atomic E-state index is 13.1. The Labute approximate surface area is 189 Å². The van der Waals surface area contributed by atoms with Crippen LogP contribution in [0.15, 0.2) is 11.3 Å². The van der Waals surface area contributed by atoms with Crippen LogP contribution in [-0.4, -0.2) is 29.6 Å². The third kappa shape index (κ3) is 1.87. The van der Waals surface area contributed by atoms with Gasteiger partial charge in [-0.2, -0.15) is 5.26 Å². The van der Waals surface area contributed by atoms with Crippen molar-refractivity contribution >= 4 is 11.8 Å². The van der Waals surface area contributed by atoms with Crippen molar-refractivity contribution in [2.24, 2.45) is 39.7 Å². The fraction of sp³-hybridized carbons (Fsp3) is 0.808. The lowest BCUT2D eigenvalue weighted by atomic mass is 9.37. The number of hydrogen-bond donors (Lipinski definition) is 1. The van der Waals surface area contributed by atoms with Gasteiger partial charge in [0.05, 0.1) is 17.1 Å². The van der Waals surface area contributed by atoms with E-state index >= 15 is 0 Å². The Balaban J connectivity index is 1.57. The van der Waals surface area contributed by atoms with Gasteiger partial charge in [-0.25, -0.2) is 0 Å². The number of carbonyl (C=O) groups excluding carboxylic acids is 2. The van der Waals surface area contributed by atoms with E-state index in [-0.39, 0.29) is 34.6 Å². The van der Waals surface area contributed by atoms with Crippen LogP contribution in [0.1, 0.15) is 78.6 Å². The SMILES string of the molecule is CCO[C@]12CCC3(C)C(CCC34CCC(=O)O4)C1C1CC3(C#N)C(=C1N)C(=O)CCC32C. The minimum atomic E-state index is -0.855. The number of ether oxygens (including phenoxy) is 2. The molecule has 6 nitrogen and oxygen atoms in total. The Bertz CT molecular complexity index is 1010. The highest BCUT2D eigenvalue weighted by Crippen LogP contribution is 2.79. The number of allylic oxidation sites excluding steroid dienone is 2. The molecule has 172 valence electrons. The summed E-state index contributed by atoms with van der Waals surface area (Å²) in [6, 6.07) is 2.64. The van der Waals surface area contributed by atoms with Crippen molar-refractivity contribution in [1.29, 1.82) is 5.26 Å². The zero-order chi connectivity index (χ0) is 22.7. The zero-order valence-corrected chi connectivity index (χ0v) is 19.5. The molecule has 8 atom stereocenters. The summed E-state index contributed by atoms with van der Waals surface area (Å²) in [7, 11) is 0. The summed E-state index contributed by atoms with van der Waals surface area (Å²) in [5, 5.41) is 10.6. The van der Waals surface area contributed by atoms with Gasteiger partial charge < -0.3 is 15.2 Å². The molecule has 0 aromatic rings. The van der Waals surface area contributed by atoms with E-state index in [1.54, 1.807) is 0 Å². The van der Waals surface area contributed by atoms with E-state index in [1.165, 1.54) is 0 Å². The highest BCUT2D eigenvalue weighted by Gasteiger charge is 2.80. The van der Waals surface area contributed by atoms with Crippen molar-refractivity contribution in [1.82, 2.24) is 0 Å². The predicted molar refractivity (Wildman–Crippen MR) is 116 cm³/mol. The molecule has 6 rings (SSSR count). The van der Waals surface area contributed by atoms with E-state index in [1.807, 2.05) is 6.92 Å². The van der Waals surface area contributed by atoms with Crippen molar-refractivity contribution < 1.29 is 19.1 Å². The van der Waals surface area contributed by atoms with Gasteiger partial charge in [0.25, 0.3) is 0 Å². The zero-order valence-electron chi connectivity index (χ0n) is 19.5. The van der Waals surface area contributed by atoms with Gasteiger partial charge in [0.1, 0.15) is 5.60 Å². The van der Waals surface area contributed by atoms with Crippen molar-refractivity contribution in [2.75, 3.05) is 6.61 Å². The molecular formula is C26H34N2O4. The number of nitriles is 1. The minimum absolute atomic E-state index is 0.0248. The van der Waals surface area contributed by atoms with Crippen LogP contribution in [0.25, 0.3) is 0 Å². The van der Waals surface area contributed by atoms with E-state index in [2.05, 4.69) is 19.9 Å². The summed E-state index contributed by atoms with van der Waals surface area (Å²) in [4.78, 5) is 25.3. The van der Waals surface area contributed by atoms with Crippen LogP contribution in [0.5, 0.6) is 0 Å². The van der Waals surface area contributed by atoms with Crippen molar-refractivity contribution in [2.45, 2.75) is 89.8 Å². The minimum Gasteiger partial charge on any atom is -0.458 e. The van der Waals surface area contributed by atoms with E-state index in [0.717, 1.165) is 32.1 Å². The Kier molecular flexibility index (Phi) is 3.87. The van der Waals surface area contributed by atoms with Crippen molar-refractivity contribution in [3.63, 3.8) is 0 Å². The van der Waals surface area contributed by atoms with E-state index in [0.29, 0.717) is 49.5 Å². The lowest BCUT2D eigenvalue weighted by Crippen LogP contribution is -2.71. The van der Waals surface area contributed by atoms with Gasteiger partial charge in [-0.1, -0.05) is 13.8 Å². The third-order valence-corrected chi connectivity index (χ3v) is 11.4. The summed E-state index contributed by atoms with van der Waals surface area (Å²) in [5.41, 5.74) is 5.74. The van der Waals surface area contributed by atoms with Crippen molar-refractivity contribution in [3.05, 3.63) is 11.3 Å².